The highest BCUT2D eigenvalue weighted by Gasteiger charge is 2.01. The molecule has 0 radical (unpaired) electrons. The largest absolute Gasteiger partial charge is 0.462 e. The van der Waals surface area contributed by atoms with Crippen molar-refractivity contribution >= 4 is 28.8 Å². The number of ether oxygens (including phenoxy) is 1. The molecule has 2 N–H and O–H groups in total. The summed E-state index contributed by atoms with van der Waals surface area (Å²) < 4.78 is 5.12. The van der Waals surface area contributed by atoms with E-state index in [-0.39, 0.29) is 18.6 Å². The van der Waals surface area contributed by atoms with E-state index in [0.717, 1.165) is 16.3 Å². The fourth-order valence-corrected chi connectivity index (χ4v) is 2.27. The van der Waals surface area contributed by atoms with Crippen LogP contribution >= 0.6 is 0 Å². The van der Waals surface area contributed by atoms with E-state index in [9.17, 15) is 9.59 Å². The zero-order valence-corrected chi connectivity index (χ0v) is 13.7. The van der Waals surface area contributed by atoms with Crippen LogP contribution in [0.4, 0.5) is 4.79 Å². The Morgan fingerprint density at radius 1 is 1.08 bits per heavy atom. The minimum atomic E-state index is -0.388. The number of hydrogen-bond donors (Lipinski definition) is 2. The van der Waals surface area contributed by atoms with Gasteiger partial charge in [-0.25, -0.2) is 9.59 Å². The molecule has 2 rings (SSSR count). The maximum atomic E-state index is 11.7. The van der Waals surface area contributed by atoms with Crippen molar-refractivity contribution in [3.05, 3.63) is 54.1 Å². The van der Waals surface area contributed by atoms with E-state index in [1.165, 1.54) is 6.08 Å². The summed E-state index contributed by atoms with van der Waals surface area (Å²) in [6, 6.07) is 13.8. The molecule has 0 aliphatic heterocycles. The molecule has 0 heterocycles. The molecular formula is C19H22N2O3. The van der Waals surface area contributed by atoms with Gasteiger partial charge in [-0.3, -0.25) is 0 Å². The number of amides is 2. The second kappa shape index (κ2) is 9.35. The van der Waals surface area contributed by atoms with E-state index in [2.05, 4.69) is 10.6 Å². The fraction of sp³-hybridized carbons (Fsp3) is 0.263. The summed E-state index contributed by atoms with van der Waals surface area (Å²) in [7, 11) is 0. The summed E-state index contributed by atoms with van der Waals surface area (Å²) in [6.07, 6.45) is 3.77. The molecule has 0 aliphatic rings. The minimum absolute atomic E-state index is 0.209. The zero-order valence-electron chi connectivity index (χ0n) is 13.7. The SMILES string of the molecule is CCNC(=O)NCCCOC(=O)/C=C/c1cccc2ccccc12. The Kier molecular flexibility index (Phi) is 6.83. The van der Waals surface area contributed by atoms with Gasteiger partial charge in [0, 0.05) is 19.2 Å². The molecule has 5 nitrogen and oxygen atoms in total. The molecule has 0 unspecified atom stereocenters. The van der Waals surface area contributed by atoms with Crippen LogP contribution in [0.3, 0.4) is 0 Å². The Bertz CT molecular complexity index is 720. The van der Waals surface area contributed by atoms with Crippen LogP contribution in [0.1, 0.15) is 18.9 Å². The average molecular weight is 326 g/mol. The Morgan fingerprint density at radius 3 is 2.71 bits per heavy atom. The lowest BCUT2D eigenvalue weighted by Crippen LogP contribution is -2.36. The van der Waals surface area contributed by atoms with Crippen LogP contribution in [-0.4, -0.2) is 31.7 Å². The molecule has 0 aromatic heterocycles. The van der Waals surface area contributed by atoms with Crippen LogP contribution in [0, 0.1) is 0 Å². The van der Waals surface area contributed by atoms with E-state index < -0.39 is 0 Å². The third-order valence-corrected chi connectivity index (χ3v) is 3.41. The van der Waals surface area contributed by atoms with Crippen molar-refractivity contribution in [2.75, 3.05) is 19.7 Å². The highest BCUT2D eigenvalue weighted by atomic mass is 16.5. The molecule has 2 aromatic rings. The predicted molar refractivity (Wildman–Crippen MR) is 95.6 cm³/mol. The lowest BCUT2D eigenvalue weighted by atomic mass is 10.0. The molecule has 0 aliphatic carbocycles. The van der Waals surface area contributed by atoms with Crippen molar-refractivity contribution in [2.45, 2.75) is 13.3 Å². The number of benzene rings is 2. The van der Waals surface area contributed by atoms with Crippen molar-refractivity contribution < 1.29 is 14.3 Å². The van der Waals surface area contributed by atoms with Crippen molar-refractivity contribution in [1.82, 2.24) is 10.6 Å². The van der Waals surface area contributed by atoms with Gasteiger partial charge in [0.1, 0.15) is 0 Å². The summed E-state index contributed by atoms with van der Waals surface area (Å²) in [5.74, 6) is -0.388. The number of rotatable bonds is 7. The van der Waals surface area contributed by atoms with Gasteiger partial charge in [-0.2, -0.15) is 0 Å². The Balaban J connectivity index is 1.77. The molecule has 126 valence electrons. The maximum Gasteiger partial charge on any atom is 0.330 e. The van der Waals surface area contributed by atoms with Gasteiger partial charge >= 0.3 is 12.0 Å². The van der Waals surface area contributed by atoms with Crippen LogP contribution in [0.25, 0.3) is 16.8 Å². The number of esters is 1. The molecule has 5 heteroatoms. The monoisotopic (exact) mass is 326 g/mol. The standard InChI is InChI=1S/C19H22N2O3/c1-2-20-19(23)21-13-6-14-24-18(22)12-11-16-9-5-8-15-7-3-4-10-17(15)16/h3-5,7-12H,2,6,13-14H2,1H3,(H2,20,21,23)/b12-11+. The van der Waals surface area contributed by atoms with Crippen molar-refractivity contribution in [3.8, 4) is 0 Å². The van der Waals surface area contributed by atoms with Crippen molar-refractivity contribution in [2.24, 2.45) is 0 Å². The van der Waals surface area contributed by atoms with E-state index in [4.69, 9.17) is 4.74 Å². The number of carbonyl (C=O) groups is 2. The van der Waals surface area contributed by atoms with Crippen LogP contribution < -0.4 is 10.6 Å². The van der Waals surface area contributed by atoms with Gasteiger partial charge in [-0.15, -0.1) is 0 Å². The second-order valence-electron chi connectivity index (χ2n) is 5.21. The highest BCUT2D eigenvalue weighted by molar-refractivity contribution is 5.94. The Morgan fingerprint density at radius 2 is 1.88 bits per heavy atom. The molecule has 0 atom stereocenters. The van der Waals surface area contributed by atoms with E-state index in [1.54, 1.807) is 6.08 Å². The molecule has 0 bridgehead atoms. The van der Waals surface area contributed by atoms with Crippen LogP contribution in [0.5, 0.6) is 0 Å². The zero-order chi connectivity index (χ0) is 17.2. The number of hydrogen-bond acceptors (Lipinski definition) is 3. The van der Waals surface area contributed by atoms with Gasteiger partial charge in [-0.1, -0.05) is 42.5 Å². The molecule has 2 amide bonds. The first-order valence-corrected chi connectivity index (χ1v) is 8.05. The predicted octanol–water partition coefficient (Wildman–Crippen LogP) is 3.11. The van der Waals surface area contributed by atoms with Gasteiger partial charge in [0.15, 0.2) is 0 Å². The van der Waals surface area contributed by atoms with Crippen LogP contribution in [-0.2, 0) is 9.53 Å². The summed E-state index contributed by atoms with van der Waals surface area (Å²) in [5, 5.41) is 7.53. The van der Waals surface area contributed by atoms with Crippen molar-refractivity contribution in [1.29, 1.82) is 0 Å². The third kappa shape index (κ3) is 5.43. The first kappa shape index (κ1) is 17.5. The van der Waals surface area contributed by atoms with Gasteiger partial charge in [0.25, 0.3) is 0 Å². The van der Waals surface area contributed by atoms with E-state index >= 15 is 0 Å². The van der Waals surface area contributed by atoms with Gasteiger partial charge in [0.2, 0.25) is 0 Å². The average Bonchev–Trinajstić information content (AvgIpc) is 2.60. The third-order valence-electron chi connectivity index (χ3n) is 3.41. The van der Waals surface area contributed by atoms with Crippen LogP contribution in [0.2, 0.25) is 0 Å². The minimum Gasteiger partial charge on any atom is -0.462 e. The van der Waals surface area contributed by atoms with Gasteiger partial charge in [-0.05, 0) is 35.8 Å². The van der Waals surface area contributed by atoms with E-state index in [1.807, 2.05) is 49.4 Å². The van der Waals surface area contributed by atoms with Gasteiger partial charge < -0.3 is 15.4 Å². The maximum absolute atomic E-state index is 11.7. The molecular weight excluding hydrogens is 304 g/mol. The molecule has 24 heavy (non-hydrogen) atoms. The molecule has 2 aromatic carbocycles. The first-order valence-electron chi connectivity index (χ1n) is 8.05. The molecule has 0 fully saturated rings. The molecule has 0 saturated carbocycles. The van der Waals surface area contributed by atoms with Crippen LogP contribution in [0.15, 0.2) is 48.5 Å². The first-order chi connectivity index (χ1) is 11.7. The lowest BCUT2D eigenvalue weighted by Gasteiger charge is -2.05. The topological polar surface area (TPSA) is 67.4 Å². The Hall–Kier alpha value is -2.82. The highest BCUT2D eigenvalue weighted by Crippen LogP contribution is 2.19. The smallest absolute Gasteiger partial charge is 0.330 e. The number of fused-ring (bicyclic) bond motifs is 1. The summed E-state index contributed by atoms with van der Waals surface area (Å²) >= 11 is 0. The van der Waals surface area contributed by atoms with Crippen molar-refractivity contribution in [3.63, 3.8) is 0 Å². The normalized spacial score (nSPS) is 10.7. The molecule has 0 saturated heterocycles. The second-order valence-corrected chi connectivity index (χ2v) is 5.21. The summed E-state index contributed by atoms with van der Waals surface area (Å²) in [5.41, 5.74) is 0.975. The van der Waals surface area contributed by atoms with E-state index in [0.29, 0.717) is 19.5 Å². The summed E-state index contributed by atoms with van der Waals surface area (Å²) in [4.78, 5) is 22.9. The fourth-order valence-electron chi connectivity index (χ4n) is 2.27. The molecule has 0 spiro atoms. The number of nitrogens with one attached hydrogen (secondary N) is 2. The number of urea groups is 1. The lowest BCUT2D eigenvalue weighted by molar-refractivity contribution is -0.137. The Labute approximate surface area is 141 Å². The number of carbonyl (C=O) groups excluding carboxylic acids is 2. The quantitative estimate of drug-likeness (QED) is 0.467. The van der Waals surface area contributed by atoms with Gasteiger partial charge in [0.05, 0.1) is 6.61 Å². The summed E-state index contributed by atoms with van der Waals surface area (Å²) in [6.45, 7) is 3.17.